The van der Waals surface area contributed by atoms with Crippen LogP contribution in [0.4, 0.5) is 5.95 Å². The molecular weight excluding hydrogens is 400 g/mol. The number of fused-ring (bicyclic) bond motifs is 1. The zero-order valence-corrected chi connectivity index (χ0v) is 18.1. The number of anilines is 1. The van der Waals surface area contributed by atoms with Crippen LogP contribution in [0, 0.1) is 6.92 Å². The highest BCUT2D eigenvalue weighted by molar-refractivity contribution is 6.06. The molecule has 1 amide bonds. The molecule has 2 atom stereocenters. The molecule has 1 aliphatic heterocycles. The van der Waals surface area contributed by atoms with Crippen molar-refractivity contribution in [3.05, 3.63) is 107 Å². The predicted molar refractivity (Wildman–Crippen MR) is 123 cm³/mol. The number of benzene rings is 3. The van der Waals surface area contributed by atoms with Gasteiger partial charge in [-0.15, -0.1) is 0 Å². The Kier molecular flexibility index (Phi) is 5.19. The number of carbonyl (C=O) groups is 1. The van der Waals surface area contributed by atoms with E-state index in [4.69, 9.17) is 4.74 Å². The zero-order chi connectivity index (χ0) is 22.1. The highest BCUT2D eigenvalue weighted by atomic mass is 16.5. The second kappa shape index (κ2) is 8.30. The first-order valence-corrected chi connectivity index (χ1v) is 10.6. The van der Waals surface area contributed by atoms with Crippen LogP contribution in [-0.4, -0.2) is 27.8 Å². The number of rotatable bonds is 4. The van der Waals surface area contributed by atoms with E-state index < -0.39 is 0 Å². The minimum Gasteiger partial charge on any atom is -0.497 e. The van der Waals surface area contributed by atoms with Gasteiger partial charge < -0.3 is 4.74 Å². The third-order valence-electron chi connectivity index (χ3n) is 5.99. The molecule has 0 N–H and O–H groups in total. The van der Waals surface area contributed by atoms with Gasteiger partial charge in [0.25, 0.3) is 5.91 Å². The van der Waals surface area contributed by atoms with Crippen molar-refractivity contribution in [3.8, 4) is 5.75 Å². The van der Waals surface area contributed by atoms with Crippen LogP contribution in [0.2, 0.25) is 0 Å². The van der Waals surface area contributed by atoms with Crippen LogP contribution in [-0.2, 0) is 0 Å². The van der Waals surface area contributed by atoms with Gasteiger partial charge in [0.05, 0.1) is 19.2 Å². The first kappa shape index (κ1) is 20.0. The molecule has 0 saturated carbocycles. The maximum atomic E-state index is 13.8. The van der Waals surface area contributed by atoms with Gasteiger partial charge in [-0.2, -0.15) is 10.1 Å². The molecular formula is C26H24N4O2. The van der Waals surface area contributed by atoms with Gasteiger partial charge in [-0.25, -0.2) is 4.68 Å². The SMILES string of the molecule is COc1ccc([C@H]2C[C@H](c3ccccc3)n3ncnc3N2C(=O)c2cccc(C)c2)cc1. The van der Waals surface area contributed by atoms with E-state index in [-0.39, 0.29) is 18.0 Å². The van der Waals surface area contributed by atoms with Crippen LogP contribution in [0.25, 0.3) is 0 Å². The van der Waals surface area contributed by atoms with Gasteiger partial charge in [-0.3, -0.25) is 9.69 Å². The average Bonchev–Trinajstić information content (AvgIpc) is 3.33. The Bertz CT molecular complexity index is 1230. The van der Waals surface area contributed by atoms with E-state index >= 15 is 0 Å². The molecule has 0 spiro atoms. The highest BCUT2D eigenvalue weighted by Crippen LogP contribution is 2.42. The Morgan fingerprint density at radius 2 is 1.69 bits per heavy atom. The highest BCUT2D eigenvalue weighted by Gasteiger charge is 2.39. The maximum Gasteiger partial charge on any atom is 0.261 e. The summed E-state index contributed by atoms with van der Waals surface area (Å²) in [6.07, 6.45) is 2.21. The molecule has 0 saturated heterocycles. The summed E-state index contributed by atoms with van der Waals surface area (Å²) in [7, 11) is 1.65. The third kappa shape index (κ3) is 3.54. The molecule has 6 nitrogen and oxygen atoms in total. The minimum absolute atomic E-state index is 0.0256. The number of ether oxygens (including phenoxy) is 1. The van der Waals surface area contributed by atoms with Crippen molar-refractivity contribution in [1.82, 2.24) is 14.8 Å². The Labute approximate surface area is 187 Å². The van der Waals surface area contributed by atoms with E-state index in [2.05, 4.69) is 22.2 Å². The molecule has 4 aromatic rings. The zero-order valence-electron chi connectivity index (χ0n) is 18.1. The molecule has 6 heteroatoms. The van der Waals surface area contributed by atoms with Crippen molar-refractivity contribution in [2.45, 2.75) is 25.4 Å². The smallest absolute Gasteiger partial charge is 0.261 e. The van der Waals surface area contributed by atoms with Crippen LogP contribution >= 0.6 is 0 Å². The number of aromatic nitrogens is 3. The summed E-state index contributed by atoms with van der Waals surface area (Å²) in [6, 6.07) is 25.6. The van der Waals surface area contributed by atoms with Gasteiger partial charge in [0, 0.05) is 5.56 Å². The number of carbonyl (C=O) groups excluding carboxylic acids is 1. The number of aryl methyl sites for hydroxylation is 1. The standard InChI is InChI=1S/C26H24N4O2/c1-18-7-6-10-21(15-18)25(31)29-23(20-11-13-22(32-2)14-12-20)16-24(19-8-4-3-5-9-19)30-26(29)27-17-28-30/h3-15,17,23-24H,16H2,1-2H3/t23-,24-/m1/s1. The number of hydrogen-bond donors (Lipinski definition) is 0. The van der Waals surface area contributed by atoms with Gasteiger partial charge in [0.1, 0.15) is 12.1 Å². The molecule has 0 aliphatic carbocycles. The quantitative estimate of drug-likeness (QED) is 0.464. The van der Waals surface area contributed by atoms with Crippen molar-refractivity contribution < 1.29 is 9.53 Å². The van der Waals surface area contributed by atoms with Crippen molar-refractivity contribution in [3.63, 3.8) is 0 Å². The van der Waals surface area contributed by atoms with Crippen LogP contribution < -0.4 is 9.64 Å². The second-order valence-corrected chi connectivity index (χ2v) is 8.00. The lowest BCUT2D eigenvalue weighted by molar-refractivity contribution is 0.0963. The fourth-order valence-electron chi connectivity index (χ4n) is 4.41. The summed E-state index contributed by atoms with van der Waals surface area (Å²) in [5.74, 6) is 1.25. The molecule has 0 radical (unpaired) electrons. The Morgan fingerprint density at radius 3 is 2.41 bits per heavy atom. The fourth-order valence-corrected chi connectivity index (χ4v) is 4.41. The first-order chi connectivity index (χ1) is 15.7. The van der Waals surface area contributed by atoms with Crippen LogP contribution in [0.15, 0.2) is 85.2 Å². The minimum atomic E-state index is -0.198. The van der Waals surface area contributed by atoms with Crippen LogP contribution in [0.3, 0.4) is 0 Å². The molecule has 0 fully saturated rings. The molecule has 2 heterocycles. The normalized spacial score (nSPS) is 17.6. The van der Waals surface area contributed by atoms with Gasteiger partial charge >= 0.3 is 0 Å². The van der Waals surface area contributed by atoms with Crippen LogP contribution in [0.5, 0.6) is 5.75 Å². The van der Waals surface area contributed by atoms with E-state index in [1.54, 1.807) is 12.0 Å². The summed E-state index contributed by atoms with van der Waals surface area (Å²) in [4.78, 5) is 20.1. The monoisotopic (exact) mass is 424 g/mol. The predicted octanol–water partition coefficient (Wildman–Crippen LogP) is 4.98. The van der Waals surface area contributed by atoms with E-state index in [0.717, 1.165) is 22.4 Å². The second-order valence-electron chi connectivity index (χ2n) is 8.00. The van der Waals surface area contributed by atoms with Crippen molar-refractivity contribution >= 4 is 11.9 Å². The fraction of sp³-hybridized carbons (Fsp3) is 0.192. The van der Waals surface area contributed by atoms with E-state index in [1.165, 1.54) is 6.33 Å². The topological polar surface area (TPSA) is 60.2 Å². The van der Waals surface area contributed by atoms with E-state index in [0.29, 0.717) is 17.9 Å². The largest absolute Gasteiger partial charge is 0.497 e. The molecule has 0 bridgehead atoms. The lowest BCUT2D eigenvalue weighted by atomic mass is 9.91. The van der Waals surface area contributed by atoms with Crippen molar-refractivity contribution in [1.29, 1.82) is 0 Å². The Hall–Kier alpha value is -3.93. The maximum absolute atomic E-state index is 13.8. The molecule has 5 rings (SSSR count). The summed E-state index contributed by atoms with van der Waals surface area (Å²) in [5.41, 5.74) is 3.84. The molecule has 1 aliphatic rings. The van der Waals surface area contributed by atoms with Gasteiger partial charge in [-0.05, 0) is 48.7 Å². The number of nitrogens with zero attached hydrogens (tertiary/aromatic N) is 4. The van der Waals surface area contributed by atoms with Gasteiger partial charge in [-0.1, -0.05) is 60.2 Å². The molecule has 1 aromatic heterocycles. The molecule has 160 valence electrons. The third-order valence-corrected chi connectivity index (χ3v) is 5.99. The van der Waals surface area contributed by atoms with Gasteiger partial charge in [0.15, 0.2) is 0 Å². The van der Waals surface area contributed by atoms with Crippen LogP contribution in [0.1, 0.15) is 45.6 Å². The Morgan fingerprint density at radius 1 is 0.938 bits per heavy atom. The number of methoxy groups -OCH3 is 1. The van der Waals surface area contributed by atoms with Gasteiger partial charge in [0.2, 0.25) is 5.95 Å². The molecule has 3 aromatic carbocycles. The Balaban J connectivity index is 1.64. The van der Waals surface area contributed by atoms with E-state index in [1.807, 2.05) is 78.3 Å². The summed E-state index contributed by atoms with van der Waals surface area (Å²) in [6.45, 7) is 1.99. The molecule has 32 heavy (non-hydrogen) atoms. The lowest BCUT2D eigenvalue weighted by Gasteiger charge is -2.39. The lowest BCUT2D eigenvalue weighted by Crippen LogP contribution is -2.42. The average molecular weight is 425 g/mol. The van der Waals surface area contributed by atoms with Crippen molar-refractivity contribution in [2.24, 2.45) is 0 Å². The molecule has 0 unspecified atom stereocenters. The summed E-state index contributed by atoms with van der Waals surface area (Å²) >= 11 is 0. The number of hydrogen-bond acceptors (Lipinski definition) is 4. The first-order valence-electron chi connectivity index (χ1n) is 10.6. The summed E-state index contributed by atoms with van der Waals surface area (Å²) in [5, 5.41) is 4.51. The van der Waals surface area contributed by atoms with Crippen molar-refractivity contribution in [2.75, 3.05) is 12.0 Å². The number of amides is 1. The summed E-state index contributed by atoms with van der Waals surface area (Å²) < 4.78 is 7.20. The van der Waals surface area contributed by atoms with E-state index in [9.17, 15) is 4.79 Å².